The quantitative estimate of drug-likeness (QED) is 0.695. The van der Waals surface area contributed by atoms with Crippen LogP contribution < -0.4 is 5.32 Å². The fourth-order valence-electron chi connectivity index (χ4n) is 2.23. The van der Waals surface area contributed by atoms with Crippen molar-refractivity contribution in [1.82, 2.24) is 5.32 Å². The summed E-state index contributed by atoms with van der Waals surface area (Å²) in [5.74, 6) is 0.879. The monoisotopic (exact) mass is 217 g/mol. The number of rotatable bonds is 5. The summed E-state index contributed by atoms with van der Waals surface area (Å²) in [6.07, 6.45) is 7.65. The second kappa shape index (κ2) is 6.68. The van der Waals surface area contributed by atoms with E-state index in [1.54, 1.807) is 0 Å². The maximum absolute atomic E-state index is 6.07. The maximum Gasteiger partial charge on any atom is 0.0336 e. The normalized spacial score (nSPS) is 30.2. The number of halogens is 1. The summed E-state index contributed by atoms with van der Waals surface area (Å²) in [5.41, 5.74) is 0. The van der Waals surface area contributed by atoms with Gasteiger partial charge in [-0.05, 0) is 51.5 Å². The molecule has 1 unspecified atom stereocenters. The van der Waals surface area contributed by atoms with Crippen molar-refractivity contribution < 1.29 is 0 Å². The summed E-state index contributed by atoms with van der Waals surface area (Å²) in [7, 11) is 0. The summed E-state index contributed by atoms with van der Waals surface area (Å²) in [4.78, 5) is 0. The molecule has 0 aromatic carbocycles. The summed E-state index contributed by atoms with van der Waals surface area (Å²) in [5, 5.41) is 4.08. The third-order valence-corrected chi connectivity index (χ3v) is 3.69. The molecule has 0 spiro atoms. The Morgan fingerprint density at radius 3 is 2.50 bits per heavy atom. The molecule has 1 N–H and O–H groups in total. The van der Waals surface area contributed by atoms with Crippen LogP contribution in [0.25, 0.3) is 0 Å². The first kappa shape index (κ1) is 12.3. The molecule has 0 aliphatic heterocycles. The first-order chi connectivity index (χ1) is 6.72. The van der Waals surface area contributed by atoms with E-state index >= 15 is 0 Å². The molecule has 0 aromatic heterocycles. The molecule has 0 amide bonds. The van der Waals surface area contributed by atoms with Gasteiger partial charge in [-0.3, -0.25) is 0 Å². The van der Waals surface area contributed by atoms with Gasteiger partial charge in [-0.1, -0.05) is 13.3 Å². The first-order valence-electron chi connectivity index (χ1n) is 6.09. The highest BCUT2D eigenvalue weighted by Gasteiger charge is 2.19. The minimum absolute atomic E-state index is 0.458. The van der Waals surface area contributed by atoms with Crippen molar-refractivity contribution in [1.29, 1.82) is 0 Å². The van der Waals surface area contributed by atoms with E-state index < -0.39 is 0 Å². The molecule has 14 heavy (non-hydrogen) atoms. The fourth-order valence-corrected chi connectivity index (χ4v) is 2.48. The molecule has 84 valence electrons. The molecular formula is C12H24ClN. The van der Waals surface area contributed by atoms with Crippen molar-refractivity contribution in [3.8, 4) is 0 Å². The maximum atomic E-state index is 6.07. The molecule has 1 atom stereocenters. The first-order valence-corrected chi connectivity index (χ1v) is 6.53. The molecule has 1 nitrogen and oxygen atoms in total. The summed E-state index contributed by atoms with van der Waals surface area (Å²) >= 11 is 6.07. The van der Waals surface area contributed by atoms with Crippen LogP contribution >= 0.6 is 11.6 Å². The zero-order chi connectivity index (χ0) is 10.4. The number of hydrogen-bond donors (Lipinski definition) is 1. The largest absolute Gasteiger partial charge is 0.314 e. The van der Waals surface area contributed by atoms with Crippen LogP contribution in [0.2, 0.25) is 0 Å². The Kier molecular flexibility index (Phi) is 5.88. The lowest BCUT2D eigenvalue weighted by molar-refractivity contribution is 0.330. The standard InChI is InChI=1S/C12H24ClN/c1-3-4-10(2)14-9-11-5-7-12(13)8-6-11/h10-12,14H,3-9H2,1-2H3. The molecule has 0 radical (unpaired) electrons. The molecule has 1 aliphatic carbocycles. The van der Waals surface area contributed by atoms with E-state index in [1.807, 2.05) is 0 Å². The van der Waals surface area contributed by atoms with E-state index in [4.69, 9.17) is 11.6 Å². The van der Waals surface area contributed by atoms with Gasteiger partial charge in [-0.15, -0.1) is 11.6 Å². The van der Waals surface area contributed by atoms with Crippen LogP contribution in [-0.4, -0.2) is 18.0 Å². The van der Waals surface area contributed by atoms with Gasteiger partial charge in [0.1, 0.15) is 0 Å². The van der Waals surface area contributed by atoms with Crippen LogP contribution in [0.4, 0.5) is 0 Å². The number of hydrogen-bond acceptors (Lipinski definition) is 1. The van der Waals surface area contributed by atoms with Gasteiger partial charge in [0.2, 0.25) is 0 Å². The van der Waals surface area contributed by atoms with Crippen molar-refractivity contribution in [3.63, 3.8) is 0 Å². The highest BCUT2D eigenvalue weighted by atomic mass is 35.5. The second-order valence-corrected chi connectivity index (χ2v) is 5.33. The Morgan fingerprint density at radius 1 is 1.29 bits per heavy atom. The Balaban J connectivity index is 2.06. The van der Waals surface area contributed by atoms with Crippen molar-refractivity contribution >= 4 is 11.6 Å². The van der Waals surface area contributed by atoms with Crippen molar-refractivity contribution in [2.24, 2.45) is 5.92 Å². The van der Waals surface area contributed by atoms with Crippen LogP contribution in [0.1, 0.15) is 52.4 Å². The SMILES string of the molecule is CCCC(C)NCC1CCC(Cl)CC1. The van der Waals surface area contributed by atoms with Gasteiger partial charge >= 0.3 is 0 Å². The Morgan fingerprint density at radius 2 is 1.93 bits per heavy atom. The Labute approximate surface area is 93.6 Å². The van der Waals surface area contributed by atoms with Crippen LogP contribution in [0.5, 0.6) is 0 Å². The van der Waals surface area contributed by atoms with E-state index in [0.717, 1.165) is 5.92 Å². The van der Waals surface area contributed by atoms with Gasteiger partial charge in [0.15, 0.2) is 0 Å². The highest BCUT2D eigenvalue weighted by Crippen LogP contribution is 2.27. The molecule has 0 heterocycles. The highest BCUT2D eigenvalue weighted by molar-refractivity contribution is 6.20. The molecule has 2 heteroatoms. The predicted molar refractivity (Wildman–Crippen MR) is 64.0 cm³/mol. The lowest BCUT2D eigenvalue weighted by Crippen LogP contribution is -2.32. The van der Waals surface area contributed by atoms with Gasteiger partial charge in [0, 0.05) is 11.4 Å². The van der Waals surface area contributed by atoms with Crippen LogP contribution in [0.3, 0.4) is 0 Å². The smallest absolute Gasteiger partial charge is 0.0336 e. The summed E-state index contributed by atoms with van der Waals surface area (Å²) in [6, 6.07) is 0.689. The van der Waals surface area contributed by atoms with Crippen LogP contribution in [0.15, 0.2) is 0 Å². The van der Waals surface area contributed by atoms with Gasteiger partial charge in [0.05, 0.1) is 0 Å². The van der Waals surface area contributed by atoms with Crippen molar-refractivity contribution in [3.05, 3.63) is 0 Å². The van der Waals surface area contributed by atoms with Crippen molar-refractivity contribution in [2.75, 3.05) is 6.54 Å². The molecule has 1 aliphatic rings. The van der Waals surface area contributed by atoms with Gasteiger partial charge in [0.25, 0.3) is 0 Å². The number of alkyl halides is 1. The van der Waals surface area contributed by atoms with Gasteiger partial charge in [-0.2, -0.15) is 0 Å². The van der Waals surface area contributed by atoms with E-state index in [-0.39, 0.29) is 0 Å². The summed E-state index contributed by atoms with van der Waals surface area (Å²) in [6.45, 7) is 5.73. The zero-order valence-electron chi connectivity index (χ0n) is 9.56. The van der Waals surface area contributed by atoms with E-state index in [2.05, 4.69) is 19.2 Å². The number of nitrogens with one attached hydrogen (secondary N) is 1. The van der Waals surface area contributed by atoms with Gasteiger partial charge < -0.3 is 5.32 Å². The van der Waals surface area contributed by atoms with Crippen LogP contribution in [-0.2, 0) is 0 Å². The molecule has 1 rings (SSSR count). The lowest BCUT2D eigenvalue weighted by Gasteiger charge is -2.26. The van der Waals surface area contributed by atoms with Crippen molar-refractivity contribution in [2.45, 2.75) is 63.8 Å². The molecule has 1 fully saturated rings. The summed E-state index contributed by atoms with van der Waals surface area (Å²) < 4.78 is 0. The van der Waals surface area contributed by atoms with Crippen LogP contribution in [0, 0.1) is 5.92 Å². The third-order valence-electron chi connectivity index (χ3n) is 3.25. The van der Waals surface area contributed by atoms with E-state index in [9.17, 15) is 0 Å². The topological polar surface area (TPSA) is 12.0 Å². The lowest BCUT2D eigenvalue weighted by atomic mass is 9.89. The molecular weight excluding hydrogens is 194 g/mol. The minimum Gasteiger partial charge on any atom is -0.314 e. The van der Waals surface area contributed by atoms with E-state index in [1.165, 1.54) is 45.1 Å². The average Bonchev–Trinajstić information content (AvgIpc) is 2.17. The fraction of sp³-hybridized carbons (Fsp3) is 1.00. The zero-order valence-corrected chi connectivity index (χ0v) is 10.3. The molecule has 0 aromatic rings. The molecule has 1 saturated carbocycles. The van der Waals surface area contributed by atoms with Gasteiger partial charge in [-0.25, -0.2) is 0 Å². The van der Waals surface area contributed by atoms with E-state index in [0.29, 0.717) is 11.4 Å². The molecule has 0 saturated heterocycles. The second-order valence-electron chi connectivity index (χ2n) is 4.72. The Hall–Kier alpha value is 0.250. The Bertz CT molecular complexity index is 141. The molecule has 0 bridgehead atoms. The predicted octanol–water partition coefficient (Wildman–Crippen LogP) is 3.56. The minimum atomic E-state index is 0.458. The average molecular weight is 218 g/mol. The third kappa shape index (κ3) is 4.65.